The molecule has 0 N–H and O–H groups in total. The highest BCUT2D eigenvalue weighted by Crippen LogP contribution is 2.52. The number of halogens is 1. The Balaban J connectivity index is 2.28. The second-order valence-electron chi connectivity index (χ2n) is 5.49. The molecule has 0 spiro atoms. The Labute approximate surface area is 92.7 Å². The number of alkyl halides is 1. The van der Waals surface area contributed by atoms with Crippen LogP contribution in [0.15, 0.2) is 11.6 Å². The predicted molar refractivity (Wildman–Crippen MR) is 62.6 cm³/mol. The Morgan fingerprint density at radius 2 is 2.14 bits per heavy atom. The van der Waals surface area contributed by atoms with Crippen LogP contribution in [0.3, 0.4) is 0 Å². The number of allylic oxidation sites excluding steroid dienone is 2. The largest absolute Gasteiger partial charge is 0.123 e. The van der Waals surface area contributed by atoms with Gasteiger partial charge in [-0.15, -0.1) is 11.6 Å². The molecule has 0 aromatic rings. The second kappa shape index (κ2) is 3.56. The first-order chi connectivity index (χ1) is 6.54. The molecule has 0 saturated heterocycles. The zero-order valence-corrected chi connectivity index (χ0v) is 10.3. The maximum absolute atomic E-state index is 6.24. The first kappa shape index (κ1) is 10.5. The van der Waals surface area contributed by atoms with Gasteiger partial charge in [0.2, 0.25) is 0 Å². The lowest BCUT2D eigenvalue weighted by Gasteiger charge is -2.48. The van der Waals surface area contributed by atoms with E-state index in [0.717, 1.165) is 18.3 Å². The molecule has 0 unspecified atom stereocenters. The van der Waals surface area contributed by atoms with Gasteiger partial charge in [0.15, 0.2) is 0 Å². The van der Waals surface area contributed by atoms with Crippen molar-refractivity contribution >= 4 is 11.6 Å². The highest BCUT2D eigenvalue weighted by atomic mass is 35.5. The van der Waals surface area contributed by atoms with Crippen LogP contribution in [0.5, 0.6) is 0 Å². The van der Waals surface area contributed by atoms with Crippen molar-refractivity contribution in [3.8, 4) is 0 Å². The minimum atomic E-state index is 0.398. The van der Waals surface area contributed by atoms with Gasteiger partial charge in [0.25, 0.3) is 0 Å². The van der Waals surface area contributed by atoms with Gasteiger partial charge < -0.3 is 0 Å². The third-order valence-electron chi connectivity index (χ3n) is 4.75. The zero-order valence-electron chi connectivity index (χ0n) is 9.52. The summed E-state index contributed by atoms with van der Waals surface area (Å²) < 4.78 is 0. The molecule has 0 aromatic heterocycles. The average molecular weight is 213 g/mol. The van der Waals surface area contributed by atoms with Crippen LogP contribution < -0.4 is 0 Å². The summed E-state index contributed by atoms with van der Waals surface area (Å²) in [5, 5.41) is 0.398. The van der Waals surface area contributed by atoms with E-state index in [-0.39, 0.29) is 0 Å². The summed E-state index contributed by atoms with van der Waals surface area (Å²) in [5.74, 6) is 1.67. The summed E-state index contributed by atoms with van der Waals surface area (Å²) in [6.45, 7) is 7.25. The minimum absolute atomic E-state index is 0.398. The van der Waals surface area contributed by atoms with E-state index in [1.54, 1.807) is 5.57 Å². The molecule has 1 heteroatoms. The van der Waals surface area contributed by atoms with Gasteiger partial charge >= 0.3 is 0 Å². The molecule has 0 radical (unpaired) electrons. The van der Waals surface area contributed by atoms with E-state index in [4.69, 9.17) is 11.6 Å². The van der Waals surface area contributed by atoms with Crippen molar-refractivity contribution in [2.45, 2.75) is 51.8 Å². The third-order valence-corrected chi connectivity index (χ3v) is 5.12. The van der Waals surface area contributed by atoms with Crippen LogP contribution >= 0.6 is 11.6 Å². The Morgan fingerprint density at radius 1 is 1.43 bits per heavy atom. The van der Waals surface area contributed by atoms with Crippen molar-refractivity contribution in [2.75, 3.05) is 0 Å². The van der Waals surface area contributed by atoms with Crippen molar-refractivity contribution in [1.82, 2.24) is 0 Å². The average Bonchev–Trinajstić information content (AvgIpc) is 2.16. The van der Waals surface area contributed by atoms with Crippen LogP contribution in [-0.4, -0.2) is 5.38 Å². The quantitative estimate of drug-likeness (QED) is 0.413. The maximum Gasteiger partial charge on any atom is 0.0373 e. The fourth-order valence-electron chi connectivity index (χ4n) is 3.19. The van der Waals surface area contributed by atoms with Crippen LogP contribution in [0.25, 0.3) is 0 Å². The molecule has 0 heterocycles. The topological polar surface area (TPSA) is 0 Å². The van der Waals surface area contributed by atoms with Crippen LogP contribution in [0, 0.1) is 17.3 Å². The first-order valence-electron chi connectivity index (χ1n) is 5.87. The van der Waals surface area contributed by atoms with Gasteiger partial charge in [-0.2, -0.15) is 0 Å². The van der Waals surface area contributed by atoms with E-state index < -0.39 is 0 Å². The van der Waals surface area contributed by atoms with Crippen molar-refractivity contribution in [3.05, 3.63) is 11.6 Å². The summed E-state index contributed by atoms with van der Waals surface area (Å²) in [7, 11) is 0. The van der Waals surface area contributed by atoms with E-state index in [1.807, 2.05) is 0 Å². The van der Waals surface area contributed by atoms with E-state index in [0.29, 0.717) is 10.8 Å². The molecule has 0 aliphatic heterocycles. The third kappa shape index (κ3) is 1.52. The lowest BCUT2D eigenvalue weighted by atomic mass is 9.58. The van der Waals surface area contributed by atoms with Gasteiger partial charge in [0, 0.05) is 5.38 Å². The summed E-state index contributed by atoms with van der Waals surface area (Å²) in [4.78, 5) is 0. The van der Waals surface area contributed by atoms with Crippen LogP contribution in [0.2, 0.25) is 0 Å². The molecule has 0 amide bonds. The molecule has 2 aliphatic rings. The summed E-state index contributed by atoms with van der Waals surface area (Å²) in [6.07, 6.45) is 7.36. The number of rotatable bonds is 0. The summed E-state index contributed by atoms with van der Waals surface area (Å²) in [6, 6.07) is 0. The second-order valence-corrected chi connectivity index (χ2v) is 6.11. The van der Waals surface area contributed by atoms with E-state index in [1.165, 1.54) is 19.3 Å². The Kier molecular flexibility index (Phi) is 2.68. The van der Waals surface area contributed by atoms with Gasteiger partial charge in [0.1, 0.15) is 0 Å². The standard InChI is InChI=1S/C13H21Cl/c1-9-4-5-11-8-12(14)6-7-13(11,3)10(9)2/h5,9-10,12H,4,6-8H2,1-3H3/t9-,10+,12+,13+/m0/s1. The van der Waals surface area contributed by atoms with Gasteiger partial charge in [0.05, 0.1) is 0 Å². The minimum Gasteiger partial charge on any atom is -0.123 e. The predicted octanol–water partition coefficient (Wildman–Crippen LogP) is 4.39. The molecule has 0 nitrogen and oxygen atoms in total. The molecular formula is C13H21Cl. The van der Waals surface area contributed by atoms with E-state index >= 15 is 0 Å². The molecule has 80 valence electrons. The zero-order chi connectivity index (χ0) is 10.3. The van der Waals surface area contributed by atoms with Crippen molar-refractivity contribution in [1.29, 1.82) is 0 Å². The highest BCUT2D eigenvalue weighted by Gasteiger charge is 2.42. The Hall–Kier alpha value is 0.0300. The fourth-order valence-corrected chi connectivity index (χ4v) is 3.46. The normalized spacial score (nSPS) is 48.3. The summed E-state index contributed by atoms with van der Waals surface area (Å²) in [5.41, 5.74) is 2.11. The van der Waals surface area contributed by atoms with E-state index in [2.05, 4.69) is 26.8 Å². The van der Waals surface area contributed by atoms with Crippen LogP contribution in [0.4, 0.5) is 0 Å². The lowest BCUT2D eigenvalue weighted by molar-refractivity contribution is 0.134. The van der Waals surface area contributed by atoms with Gasteiger partial charge in [-0.25, -0.2) is 0 Å². The SMILES string of the molecule is C[C@@H]1[C@@H](C)CC=C2C[C@H](Cl)CC[C@@]21C. The van der Waals surface area contributed by atoms with Gasteiger partial charge in [-0.1, -0.05) is 32.4 Å². The van der Waals surface area contributed by atoms with Crippen molar-refractivity contribution < 1.29 is 0 Å². The molecule has 2 rings (SSSR count). The molecule has 14 heavy (non-hydrogen) atoms. The van der Waals surface area contributed by atoms with Crippen molar-refractivity contribution in [3.63, 3.8) is 0 Å². The smallest absolute Gasteiger partial charge is 0.0373 e. The molecule has 0 bridgehead atoms. The molecule has 2 aliphatic carbocycles. The van der Waals surface area contributed by atoms with Crippen LogP contribution in [0.1, 0.15) is 46.5 Å². The number of hydrogen-bond donors (Lipinski definition) is 0. The fraction of sp³-hybridized carbons (Fsp3) is 0.846. The molecule has 1 fully saturated rings. The summed E-state index contributed by atoms with van der Waals surface area (Å²) >= 11 is 6.24. The highest BCUT2D eigenvalue weighted by molar-refractivity contribution is 6.20. The van der Waals surface area contributed by atoms with E-state index in [9.17, 15) is 0 Å². The molecule has 4 atom stereocenters. The number of fused-ring (bicyclic) bond motifs is 1. The number of hydrogen-bond acceptors (Lipinski definition) is 0. The van der Waals surface area contributed by atoms with Gasteiger partial charge in [-0.05, 0) is 42.9 Å². The first-order valence-corrected chi connectivity index (χ1v) is 6.31. The molecule has 1 saturated carbocycles. The Bertz CT molecular complexity index is 256. The monoisotopic (exact) mass is 212 g/mol. The lowest BCUT2D eigenvalue weighted by Crippen LogP contribution is -2.39. The maximum atomic E-state index is 6.24. The van der Waals surface area contributed by atoms with Gasteiger partial charge in [-0.3, -0.25) is 0 Å². The van der Waals surface area contributed by atoms with Crippen molar-refractivity contribution in [2.24, 2.45) is 17.3 Å². The molecule has 0 aromatic carbocycles. The Morgan fingerprint density at radius 3 is 2.86 bits per heavy atom. The van der Waals surface area contributed by atoms with Crippen LogP contribution in [-0.2, 0) is 0 Å². The molecular weight excluding hydrogens is 192 g/mol.